The van der Waals surface area contributed by atoms with Crippen LogP contribution in [0.4, 0.5) is 5.69 Å². The molecule has 0 saturated heterocycles. The molecule has 3 rings (SSSR count). The van der Waals surface area contributed by atoms with Crippen LogP contribution in [0.5, 0.6) is 0 Å². The van der Waals surface area contributed by atoms with Gasteiger partial charge in [0.1, 0.15) is 0 Å². The number of amides is 1. The zero-order chi connectivity index (χ0) is 16.1. The summed E-state index contributed by atoms with van der Waals surface area (Å²) in [6.07, 6.45) is 2.02. The Labute approximate surface area is 136 Å². The molecule has 4 nitrogen and oxygen atoms in total. The molecule has 0 radical (unpaired) electrons. The van der Waals surface area contributed by atoms with Crippen LogP contribution in [0.15, 0.2) is 48.5 Å². The number of nitrogens with one attached hydrogen (secondary N) is 2. The van der Waals surface area contributed by atoms with E-state index in [2.05, 4.69) is 16.7 Å². The van der Waals surface area contributed by atoms with Crippen LogP contribution in [0.25, 0.3) is 0 Å². The van der Waals surface area contributed by atoms with E-state index in [0.29, 0.717) is 18.7 Å². The number of anilines is 1. The van der Waals surface area contributed by atoms with Crippen molar-refractivity contribution in [3.05, 3.63) is 65.2 Å². The Bertz CT molecular complexity index is 744. The molecule has 23 heavy (non-hydrogen) atoms. The van der Waals surface area contributed by atoms with E-state index >= 15 is 0 Å². The number of rotatable bonds is 6. The summed E-state index contributed by atoms with van der Waals surface area (Å²) in [4.78, 5) is 11.8. The summed E-state index contributed by atoms with van der Waals surface area (Å²) in [5.41, 5.74) is 3.74. The van der Waals surface area contributed by atoms with Crippen molar-refractivity contribution in [1.29, 1.82) is 5.26 Å². The minimum absolute atomic E-state index is 0.128. The van der Waals surface area contributed by atoms with Crippen molar-refractivity contribution >= 4 is 11.6 Å². The lowest BCUT2D eigenvalue weighted by molar-refractivity contribution is -0.117. The van der Waals surface area contributed by atoms with Gasteiger partial charge in [-0.1, -0.05) is 24.3 Å². The van der Waals surface area contributed by atoms with Crippen molar-refractivity contribution in [2.45, 2.75) is 25.9 Å². The molecule has 1 fully saturated rings. The van der Waals surface area contributed by atoms with Crippen LogP contribution in [0, 0.1) is 17.2 Å². The van der Waals surface area contributed by atoms with Gasteiger partial charge in [0.05, 0.1) is 11.6 Å². The molecule has 1 amide bonds. The maximum atomic E-state index is 11.8. The van der Waals surface area contributed by atoms with Crippen molar-refractivity contribution in [2.75, 3.05) is 5.32 Å². The van der Waals surface area contributed by atoms with E-state index in [1.165, 1.54) is 0 Å². The zero-order valence-corrected chi connectivity index (χ0v) is 12.9. The Morgan fingerprint density at radius 2 is 1.78 bits per heavy atom. The quantitative estimate of drug-likeness (QED) is 0.861. The normalized spacial score (nSPS) is 13.3. The van der Waals surface area contributed by atoms with Gasteiger partial charge in [0.2, 0.25) is 5.91 Å². The second kappa shape index (κ2) is 7.08. The number of carbonyl (C=O) groups excluding carboxylic acids is 1. The van der Waals surface area contributed by atoms with Crippen molar-refractivity contribution in [3.8, 4) is 6.07 Å². The van der Waals surface area contributed by atoms with E-state index in [-0.39, 0.29) is 11.8 Å². The number of benzene rings is 2. The van der Waals surface area contributed by atoms with E-state index < -0.39 is 0 Å². The fraction of sp³-hybridized carbons (Fsp3) is 0.263. The molecule has 0 aliphatic heterocycles. The molecule has 0 bridgehead atoms. The summed E-state index contributed by atoms with van der Waals surface area (Å²) in [7, 11) is 0. The topological polar surface area (TPSA) is 64.9 Å². The van der Waals surface area contributed by atoms with Gasteiger partial charge < -0.3 is 10.6 Å². The van der Waals surface area contributed by atoms with Crippen molar-refractivity contribution in [1.82, 2.24) is 5.32 Å². The molecule has 0 spiro atoms. The molecule has 1 aliphatic rings. The van der Waals surface area contributed by atoms with E-state index in [4.69, 9.17) is 5.26 Å². The predicted octanol–water partition coefficient (Wildman–Crippen LogP) is 3.20. The van der Waals surface area contributed by atoms with Crippen LogP contribution in [0.1, 0.15) is 29.5 Å². The summed E-state index contributed by atoms with van der Waals surface area (Å²) in [6.45, 7) is 1.41. The molecule has 4 heteroatoms. The van der Waals surface area contributed by atoms with Crippen molar-refractivity contribution < 1.29 is 4.79 Å². The van der Waals surface area contributed by atoms with Crippen molar-refractivity contribution in [3.63, 3.8) is 0 Å². The summed E-state index contributed by atoms with van der Waals surface area (Å²) in [5, 5.41) is 15.2. The third-order valence-corrected chi connectivity index (χ3v) is 3.86. The van der Waals surface area contributed by atoms with Gasteiger partial charge in [-0.25, -0.2) is 0 Å². The Hall–Kier alpha value is -2.64. The molecule has 1 aliphatic carbocycles. The van der Waals surface area contributed by atoms with Gasteiger partial charge in [-0.05, 0) is 48.2 Å². The molecular formula is C19H19N3O. The highest BCUT2D eigenvalue weighted by atomic mass is 16.2. The van der Waals surface area contributed by atoms with Gasteiger partial charge in [-0.2, -0.15) is 5.26 Å². The van der Waals surface area contributed by atoms with E-state index in [1.807, 2.05) is 42.5 Å². The molecular weight excluding hydrogens is 286 g/mol. The Morgan fingerprint density at radius 1 is 1.09 bits per heavy atom. The van der Waals surface area contributed by atoms with E-state index in [1.54, 1.807) is 6.07 Å². The van der Waals surface area contributed by atoms with Crippen LogP contribution in [-0.4, -0.2) is 5.91 Å². The first-order chi connectivity index (χ1) is 11.2. The number of nitriles is 1. The molecule has 0 atom stereocenters. The number of hydrogen-bond acceptors (Lipinski definition) is 3. The minimum atomic E-state index is 0.128. The third kappa shape index (κ3) is 4.41. The number of nitrogens with zero attached hydrogens (tertiary/aromatic N) is 1. The lowest BCUT2D eigenvalue weighted by atomic mass is 10.1. The minimum Gasteiger partial charge on any atom is -0.326 e. The first-order valence-electron chi connectivity index (χ1n) is 7.84. The van der Waals surface area contributed by atoms with Gasteiger partial charge in [0, 0.05) is 24.7 Å². The fourth-order valence-corrected chi connectivity index (χ4v) is 2.45. The fourth-order valence-electron chi connectivity index (χ4n) is 2.45. The Morgan fingerprint density at radius 3 is 2.48 bits per heavy atom. The van der Waals surface area contributed by atoms with Crippen LogP contribution >= 0.6 is 0 Å². The predicted molar refractivity (Wildman–Crippen MR) is 89.5 cm³/mol. The summed E-state index contributed by atoms with van der Waals surface area (Å²) < 4.78 is 0. The maximum absolute atomic E-state index is 11.8. The molecule has 0 heterocycles. The first kappa shape index (κ1) is 15.3. The first-order valence-corrected chi connectivity index (χ1v) is 7.84. The van der Waals surface area contributed by atoms with E-state index in [0.717, 1.165) is 29.7 Å². The second-order valence-electron chi connectivity index (χ2n) is 5.88. The van der Waals surface area contributed by atoms with Gasteiger partial charge in [0.25, 0.3) is 0 Å². The molecule has 0 aromatic heterocycles. The molecule has 2 aromatic rings. The van der Waals surface area contributed by atoms with Crippen LogP contribution in [0.2, 0.25) is 0 Å². The maximum Gasteiger partial charge on any atom is 0.227 e. The molecule has 0 unspecified atom stereocenters. The van der Waals surface area contributed by atoms with Gasteiger partial charge in [-0.15, -0.1) is 0 Å². The summed E-state index contributed by atoms with van der Waals surface area (Å²) in [6, 6.07) is 17.6. The highest BCUT2D eigenvalue weighted by molar-refractivity contribution is 5.94. The smallest absolute Gasteiger partial charge is 0.227 e. The lowest BCUT2D eigenvalue weighted by Gasteiger charge is -2.08. The molecule has 1 saturated carbocycles. The molecule has 116 valence electrons. The summed E-state index contributed by atoms with van der Waals surface area (Å²) in [5.74, 6) is 0.340. The van der Waals surface area contributed by atoms with E-state index in [9.17, 15) is 4.79 Å². The standard InChI is InChI=1S/C19H19N3O/c20-11-14-3-1-4-15(9-14)12-21-13-16-5-2-6-18(10-16)22-19(23)17-7-8-17/h1-6,9-10,17,21H,7-8,12-13H2,(H,22,23). The Kier molecular flexibility index (Phi) is 4.70. The third-order valence-electron chi connectivity index (χ3n) is 3.86. The van der Waals surface area contributed by atoms with Gasteiger partial charge >= 0.3 is 0 Å². The number of hydrogen-bond donors (Lipinski definition) is 2. The highest BCUT2D eigenvalue weighted by Crippen LogP contribution is 2.30. The average Bonchev–Trinajstić information content (AvgIpc) is 3.40. The average molecular weight is 305 g/mol. The van der Waals surface area contributed by atoms with Gasteiger partial charge in [-0.3, -0.25) is 4.79 Å². The largest absolute Gasteiger partial charge is 0.326 e. The van der Waals surface area contributed by atoms with Crippen molar-refractivity contribution in [2.24, 2.45) is 5.92 Å². The lowest BCUT2D eigenvalue weighted by Crippen LogP contribution is -2.15. The SMILES string of the molecule is N#Cc1cccc(CNCc2cccc(NC(=O)C3CC3)c2)c1. The zero-order valence-electron chi connectivity index (χ0n) is 12.9. The monoisotopic (exact) mass is 305 g/mol. The molecule has 2 aromatic carbocycles. The highest BCUT2D eigenvalue weighted by Gasteiger charge is 2.29. The summed E-state index contributed by atoms with van der Waals surface area (Å²) >= 11 is 0. The van der Waals surface area contributed by atoms with Crippen LogP contribution in [-0.2, 0) is 17.9 Å². The van der Waals surface area contributed by atoms with Gasteiger partial charge in [0.15, 0.2) is 0 Å². The molecule has 2 N–H and O–H groups in total. The van der Waals surface area contributed by atoms with Crippen LogP contribution < -0.4 is 10.6 Å². The Balaban J connectivity index is 1.53. The van der Waals surface area contributed by atoms with Crippen LogP contribution in [0.3, 0.4) is 0 Å². The second-order valence-corrected chi connectivity index (χ2v) is 5.88. The number of carbonyl (C=O) groups is 1.